The maximum Gasteiger partial charge on any atom is 0.306 e. The Morgan fingerprint density at radius 2 is 2.22 bits per heavy atom. The van der Waals surface area contributed by atoms with Gasteiger partial charge in [-0.25, -0.2) is 14.6 Å². The van der Waals surface area contributed by atoms with Gasteiger partial charge in [0.05, 0.1) is 24.7 Å². The molecule has 0 atom stereocenters. The number of carboxylic acid groups (broad SMARTS) is 1. The second kappa shape index (κ2) is 7.10. The van der Waals surface area contributed by atoms with Crippen molar-refractivity contribution in [3.63, 3.8) is 0 Å². The van der Waals surface area contributed by atoms with Gasteiger partial charge < -0.3 is 10.4 Å². The highest BCUT2D eigenvalue weighted by molar-refractivity contribution is 5.71. The molecule has 0 saturated heterocycles. The van der Waals surface area contributed by atoms with Crippen LogP contribution in [-0.4, -0.2) is 41.0 Å². The van der Waals surface area contributed by atoms with Crippen molar-refractivity contribution in [3.8, 4) is 11.4 Å². The van der Waals surface area contributed by atoms with Crippen molar-refractivity contribution in [2.45, 2.75) is 32.4 Å². The van der Waals surface area contributed by atoms with Crippen LogP contribution in [0, 0.1) is 12.8 Å². The number of carboxylic acids is 1. The Morgan fingerprint density at radius 3 is 2.96 bits per heavy atom. The van der Waals surface area contributed by atoms with Crippen molar-refractivity contribution in [2.75, 3.05) is 5.32 Å². The van der Waals surface area contributed by atoms with E-state index in [9.17, 15) is 4.79 Å². The quantitative estimate of drug-likeness (QED) is 0.681. The summed E-state index contributed by atoms with van der Waals surface area (Å²) in [6, 6.07) is 5.75. The lowest BCUT2D eigenvalue weighted by molar-refractivity contribution is -0.146. The zero-order valence-corrected chi connectivity index (χ0v) is 14.8. The second-order valence-electron chi connectivity index (χ2n) is 6.66. The maximum absolute atomic E-state index is 10.9. The molecule has 1 aliphatic rings. The third-order valence-electron chi connectivity index (χ3n) is 4.62. The molecule has 1 aliphatic carbocycles. The molecule has 3 aromatic rings. The van der Waals surface area contributed by atoms with Gasteiger partial charge in [0.25, 0.3) is 0 Å². The molecule has 0 bridgehead atoms. The van der Waals surface area contributed by atoms with Crippen LogP contribution in [0.4, 0.5) is 5.82 Å². The first-order chi connectivity index (χ1) is 13.1. The average Bonchev–Trinajstić information content (AvgIpc) is 3.07. The lowest BCUT2D eigenvalue weighted by atomic mass is 9.80. The van der Waals surface area contributed by atoms with Gasteiger partial charge in [0.2, 0.25) is 0 Å². The molecule has 138 valence electrons. The van der Waals surface area contributed by atoms with Crippen molar-refractivity contribution in [1.82, 2.24) is 29.9 Å². The SMILES string of the molecule is Cc1cc(NCc2cn(C3CC(C(=O)O)C3)nn2)nc(-c2cccnc2)n1. The summed E-state index contributed by atoms with van der Waals surface area (Å²) in [4.78, 5) is 24.0. The highest BCUT2D eigenvalue weighted by Gasteiger charge is 2.36. The first kappa shape index (κ1) is 17.1. The molecule has 9 heteroatoms. The van der Waals surface area contributed by atoms with Gasteiger partial charge in [-0.05, 0) is 31.9 Å². The molecule has 0 spiro atoms. The number of nitrogens with one attached hydrogen (secondary N) is 1. The van der Waals surface area contributed by atoms with Crippen molar-refractivity contribution in [3.05, 3.63) is 48.2 Å². The highest BCUT2D eigenvalue weighted by atomic mass is 16.4. The minimum Gasteiger partial charge on any atom is -0.481 e. The van der Waals surface area contributed by atoms with E-state index in [4.69, 9.17) is 5.11 Å². The van der Waals surface area contributed by atoms with E-state index in [1.54, 1.807) is 17.1 Å². The van der Waals surface area contributed by atoms with E-state index < -0.39 is 5.97 Å². The van der Waals surface area contributed by atoms with Gasteiger partial charge in [-0.1, -0.05) is 5.21 Å². The van der Waals surface area contributed by atoms with Crippen LogP contribution in [0.3, 0.4) is 0 Å². The van der Waals surface area contributed by atoms with Crippen LogP contribution in [0.15, 0.2) is 36.8 Å². The molecular weight excluding hydrogens is 346 g/mol. The van der Waals surface area contributed by atoms with E-state index in [1.165, 1.54) is 0 Å². The number of nitrogens with zero attached hydrogens (tertiary/aromatic N) is 6. The van der Waals surface area contributed by atoms with Crippen molar-refractivity contribution in [2.24, 2.45) is 5.92 Å². The summed E-state index contributed by atoms with van der Waals surface area (Å²) in [6.07, 6.45) is 6.50. The van der Waals surface area contributed by atoms with Crippen LogP contribution in [0.2, 0.25) is 0 Å². The standard InChI is InChI=1S/C18H19N7O2/c1-11-5-16(22-17(21-11)12-3-2-4-19-8-12)20-9-14-10-25(24-23-14)15-6-13(7-15)18(26)27/h2-5,8,10,13,15H,6-7,9H2,1H3,(H,26,27)(H,20,21,22). The number of hydrogen-bond donors (Lipinski definition) is 2. The Morgan fingerprint density at radius 1 is 1.37 bits per heavy atom. The third kappa shape index (κ3) is 3.76. The summed E-state index contributed by atoms with van der Waals surface area (Å²) in [6.45, 7) is 2.39. The smallest absolute Gasteiger partial charge is 0.306 e. The molecule has 1 fully saturated rings. The van der Waals surface area contributed by atoms with E-state index in [-0.39, 0.29) is 12.0 Å². The number of anilines is 1. The number of rotatable bonds is 6. The Balaban J connectivity index is 1.41. The first-order valence-corrected chi connectivity index (χ1v) is 8.72. The molecule has 0 amide bonds. The number of aliphatic carboxylic acids is 1. The van der Waals surface area contributed by atoms with E-state index in [1.807, 2.05) is 31.3 Å². The van der Waals surface area contributed by atoms with Gasteiger partial charge in [0, 0.05) is 29.7 Å². The average molecular weight is 365 g/mol. The molecule has 0 unspecified atom stereocenters. The van der Waals surface area contributed by atoms with Gasteiger partial charge in [-0.2, -0.15) is 0 Å². The lowest BCUT2D eigenvalue weighted by Crippen LogP contribution is -2.32. The molecule has 2 N–H and O–H groups in total. The Bertz CT molecular complexity index is 951. The molecule has 0 radical (unpaired) electrons. The van der Waals surface area contributed by atoms with Gasteiger partial charge in [-0.15, -0.1) is 5.10 Å². The van der Waals surface area contributed by atoms with E-state index in [0.29, 0.717) is 31.0 Å². The normalized spacial score (nSPS) is 18.7. The molecule has 9 nitrogen and oxygen atoms in total. The third-order valence-corrected chi connectivity index (χ3v) is 4.62. The Kier molecular flexibility index (Phi) is 4.49. The van der Waals surface area contributed by atoms with Crippen LogP contribution < -0.4 is 5.32 Å². The van der Waals surface area contributed by atoms with Crippen molar-refractivity contribution < 1.29 is 9.90 Å². The fourth-order valence-corrected chi connectivity index (χ4v) is 3.04. The largest absolute Gasteiger partial charge is 0.481 e. The van der Waals surface area contributed by atoms with Crippen molar-refractivity contribution >= 4 is 11.8 Å². The molecule has 27 heavy (non-hydrogen) atoms. The zero-order chi connectivity index (χ0) is 18.8. The monoisotopic (exact) mass is 365 g/mol. The molecule has 0 aliphatic heterocycles. The van der Waals surface area contributed by atoms with E-state index in [0.717, 1.165) is 17.0 Å². The van der Waals surface area contributed by atoms with Crippen LogP contribution in [0.5, 0.6) is 0 Å². The van der Waals surface area contributed by atoms with Gasteiger partial charge in [0.1, 0.15) is 11.5 Å². The summed E-state index contributed by atoms with van der Waals surface area (Å²) < 4.78 is 1.75. The fourth-order valence-electron chi connectivity index (χ4n) is 3.04. The topological polar surface area (TPSA) is 119 Å². The summed E-state index contributed by atoms with van der Waals surface area (Å²) in [7, 11) is 0. The van der Waals surface area contributed by atoms with Gasteiger partial charge in [0.15, 0.2) is 5.82 Å². The van der Waals surface area contributed by atoms with Crippen molar-refractivity contribution in [1.29, 1.82) is 0 Å². The molecular formula is C18H19N7O2. The molecule has 4 rings (SSSR count). The minimum absolute atomic E-state index is 0.117. The predicted octanol–water partition coefficient (Wildman–Crippen LogP) is 2.09. The highest BCUT2D eigenvalue weighted by Crippen LogP contribution is 2.37. The summed E-state index contributed by atoms with van der Waals surface area (Å²) in [5.41, 5.74) is 2.48. The molecule has 3 heterocycles. The number of carbonyl (C=O) groups is 1. The zero-order valence-electron chi connectivity index (χ0n) is 14.8. The fraction of sp³-hybridized carbons (Fsp3) is 0.333. The predicted molar refractivity (Wildman–Crippen MR) is 96.7 cm³/mol. The number of pyridine rings is 1. The second-order valence-corrected chi connectivity index (χ2v) is 6.66. The number of hydrogen-bond acceptors (Lipinski definition) is 7. The maximum atomic E-state index is 10.9. The Labute approximate surface area is 155 Å². The van der Waals surface area contributed by atoms with Crippen LogP contribution >= 0.6 is 0 Å². The van der Waals surface area contributed by atoms with Crippen LogP contribution in [-0.2, 0) is 11.3 Å². The summed E-state index contributed by atoms with van der Waals surface area (Å²) in [5, 5.41) is 20.5. The van der Waals surface area contributed by atoms with E-state index in [2.05, 4.69) is 30.6 Å². The molecule has 1 saturated carbocycles. The number of aryl methyl sites for hydroxylation is 1. The van der Waals surface area contributed by atoms with Crippen LogP contribution in [0.25, 0.3) is 11.4 Å². The van der Waals surface area contributed by atoms with Crippen LogP contribution in [0.1, 0.15) is 30.3 Å². The van der Waals surface area contributed by atoms with E-state index >= 15 is 0 Å². The molecule has 0 aromatic carbocycles. The van der Waals surface area contributed by atoms with Gasteiger partial charge in [-0.3, -0.25) is 9.78 Å². The summed E-state index contributed by atoms with van der Waals surface area (Å²) >= 11 is 0. The first-order valence-electron chi connectivity index (χ1n) is 8.72. The minimum atomic E-state index is -0.739. The number of aromatic nitrogens is 6. The Hall–Kier alpha value is -3.36. The van der Waals surface area contributed by atoms with Gasteiger partial charge >= 0.3 is 5.97 Å². The lowest BCUT2D eigenvalue weighted by Gasteiger charge is -2.31. The molecule has 3 aromatic heterocycles. The summed E-state index contributed by atoms with van der Waals surface area (Å²) in [5.74, 6) is 0.307.